The number of carbonyl (C=O) groups excluding carboxylic acids is 2. The van der Waals surface area contributed by atoms with E-state index in [1.807, 2.05) is 0 Å². The summed E-state index contributed by atoms with van der Waals surface area (Å²) in [6.45, 7) is 7.85. The third kappa shape index (κ3) is 4.56. The van der Waals surface area contributed by atoms with Crippen LogP contribution in [0.5, 0.6) is 0 Å². The highest BCUT2D eigenvalue weighted by atomic mass is 32.1. The molecule has 0 saturated carbocycles. The Bertz CT molecular complexity index is 599. The van der Waals surface area contributed by atoms with E-state index in [0.717, 1.165) is 25.9 Å². The van der Waals surface area contributed by atoms with Gasteiger partial charge in [0.05, 0.1) is 11.0 Å². The smallest absolute Gasteiger partial charge is 0.271 e. The average Bonchev–Trinajstić information content (AvgIpc) is 3.05. The Hall–Kier alpha value is -1.51. The number of hydrogen-bond donors (Lipinski definition) is 2. The molecule has 0 radical (unpaired) electrons. The van der Waals surface area contributed by atoms with Crippen molar-refractivity contribution >= 4 is 23.2 Å². The molecule has 1 atom stereocenters. The quantitative estimate of drug-likeness (QED) is 0.826. The number of ether oxygens (including phenoxy) is 1. The molecule has 0 bridgehead atoms. The van der Waals surface area contributed by atoms with Crippen molar-refractivity contribution in [1.29, 1.82) is 0 Å². The van der Waals surface area contributed by atoms with Crippen LogP contribution < -0.4 is 10.6 Å². The Balaban J connectivity index is 1.76. The summed E-state index contributed by atoms with van der Waals surface area (Å²) in [7, 11) is 0. The third-order valence-electron chi connectivity index (χ3n) is 4.72. The molecule has 1 unspecified atom stereocenters. The topological polar surface area (TPSA) is 83.6 Å². The van der Waals surface area contributed by atoms with E-state index in [9.17, 15) is 9.59 Å². The van der Waals surface area contributed by atoms with Gasteiger partial charge in [-0.05, 0) is 18.8 Å². The van der Waals surface area contributed by atoms with Gasteiger partial charge >= 0.3 is 0 Å². The lowest BCUT2D eigenvalue weighted by molar-refractivity contribution is -0.125. The average molecular weight is 366 g/mol. The summed E-state index contributed by atoms with van der Waals surface area (Å²) in [5, 5.41) is 7.75. The molecule has 3 heterocycles. The minimum Gasteiger partial charge on any atom is -0.381 e. The maximum atomic E-state index is 12.8. The molecule has 8 heteroatoms. The van der Waals surface area contributed by atoms with E-state index < -0.39 is 6.04 Å². The molecule has 2 fully saturated rings. The molecular weight excluding hydrogens is 340 g/mol. The number of thiazole rings is 1. The van der Waals surface area contributed by atoms with Crippen LogP contribution >= 0.6 is 11.3 Å². The van der Waals surface area contributed by atoms with E-state index in [2.05, 4.69) is 34.4 Å². The molecule has 2 N–H and O–H groups in total. The zero-order valence-electron chi connectivity index (χ0n) is 14.8. The van der Waals surface area contributed by atoms with E-state index in [0.29, 0.717) is 31.4 Å². The Labute approximate surface area is 152 Å². The molecule has 7 nitrogen and oxygen atoms in total. The highest BCUT2D eigenvalue weighted by Gasteiger charge is 2.41. The van der Waals surface area contributed by atoms with Crippen molar-refractivity contribution in [2.45, 2.75) is 38.3 Å². The molecule has 1 spiro atoms. The fraction of sp³-hybridized carbons (Fsp3) is 0.706. The van der Waals surface area contributed by atoms with E-state index in [4.69, 9.17) is 4.74 Å². The number of rotatable bonds is 4. The molecule has 25 heavy (non-hydrogen) atoms. The van der Waals surface area contributed by atoms with Gasteiger partial charge in [0.15, 0.2) is 0 Å². The minimum absolute atomic E-state index is 0.114. The molecular formula is C17H26N4O3S. The maximum absolute atomic E-state index is 12.8. The lowest BCUT2D eigenvalue weighted by Gasteiger charge is -2.39. The van der Waals surface area contributed by atoms with Crippen LogP contribution in [-0.2, 0) is 9.53 Å². The molecule has 1 aromatic heterocycles. The summed E-state index contributed by atoms with van der Waals surface area (Å²) < 4.78 is 5.48. The number of amides is 2. The first-order valence-electron chi connectivity index (χ1n) is 8.79. The van der Waals surface area contributed by atoms with Crippen LogP contribution in [-0.4, -0.2) is 66.1 Å². The lowest BCUT2D eigenvalue weighted by Crippen LogP contribution is -2.57. The van der Waals surface area contributed by atoms with Crippen LogP contribution in [0.1, 0.15) is 37.2 Å². The van der Waals surface area contributed by atoms with Crippen LogP contribution in [0.15, 0.2) is 10.9 Å². The predicted molar refractivity (Wildman–Crippen MR) is 95.6 cm³/mol. The number of nitrogens with one attached hydrogen (secondary N) is 2. The van der Waals surface area contributed by atoms with Gasteiger partial charge < -0.3 is 15.4 Å². The Morgan fingerprint density at radius 3 is 2.92 bits per heavy atom. The maximum Gasteiger partial charge on any atom is 0.271 e. The summed E-state index contributed by atoms with van der Waals surface area (Å²) in [5.41, 5.74) is 1.72. The lowest BCUT2D eigenvalue weighted by atomic mass is 9.89. The van der Waals surface area contributed by atoms with Crippen LogP contribution in [0.4, 0.5) is 0 Å². The molecule has 2 amide bonds. The molecule has 3 rings (SSSR count). The van der Waals surface area contributed by atoms with Crippen molar-refractivity contribution in [1.82, 2.24) is 20.5 Å². The fourth-order valence-electron chi connectivity index (χ4n) is 3.59. The number of carbonyl (C=O) groups is 2. The SMILES string of the molecule is CC(C)CN1CC(NC(=O)c2cscn2)C(=O)NC2(CCOCC2)C1. The Kier molecular flexibility index (Phi) is 5.71. The van der Waals surface area contributed by atoms with Gasteiger partial charge in [0, 0.05) is 38.2 Å². The Morgan fingerprint density at radius 1 is 1.52 bits per heavy atom. The van der Waals surface area contributed by atoms with Crippen molar-refractivity contribution < 1.29 is 14.3 Å². The van der Waals surface area contributed by atoms with Crippen LogP contribution in [0.25, 0.3) is 0 Å². The monoisotopic (exact) mass is 366 g/mol. The zero-order chi connectivity index (χ0) is 17.9. The van der Waals surface area contributed by atoms with Gasteiger partial charge in [-0.3, -0.25) is 14.5 Å². The van der Waals surface area contributed by atoms with E-state index >= 15 is 0 Å². The summed E-state index contributed by atoms with van der Waals surface area (Å²) in [6, 6.07) is -0.574. The standard InChI is InChI=1S/C17H26N4O3S/c1-12(2)7-21-8-13(19-15(22)14-9-25-11-18-14)16(23)20-17(10-21)3-5-24-6-4-17/h9,11-13H,3-8,10H2,1-2H3,(H,19,22)(H,20,23). The van der Waals surface area contributed by atoms with Gasteiger partial charge in [0.2, 0.25) is 5.91 Å². The van der Waals surface area contributed by atoms with Crippen molar-refractivity contribution in [2.75, 3.05) is 32.8 Å². The van der Waals surface area contributed by atoms with Gasteiger partial charge in [0.25, 0.3) is 5.91 Å². The van der Waals surface area contributed by atoms with Crippen LogP contribution in [0.3, 0.4) is 0 Å². The van der Waals surface area contributed by atoms with Gasteiger partial charge in [-0.25, -0.2) is 4.98 Å². The van der Waals surface area contributed by atoms with Crippen molar-refractivity contribution in [3.05, 3.63) is 16.6 Å². The second kappa shape index (κ2) is 7.80. The van der Waals surface area contributed by atoms with Crippen molar-refractivity contribution in [3.63, 3.8) is 0 Å². The summed E-state index contributed by atoms with van der Waals surface area (Å²) in [4.78, 5) is 31.5. The van der Waals surface area contributed by atoms with Crippen molar-refractivity contribution in [3.8, 4) is 0 Å². The second-order valence-corrected chi connectivity index (χ2v) is 8.09. The van der Waals surface area contributed by atoms with Crippen molar-refractivity contribution in [2.24, 2.45) is 5.92 Å². The predicted octanol–water partition coefficient (Wildman–Crippen LogP) is 0.879. The van der Waals surface area contributed by atoms with Gasteiger partial charge in [-0.2, -0.15) is 0 Å². The van der Waals surface area contributed by atoms with Gasteiger partial charge in [-0.1, -0.05) is 13.8 Å². The molecule has 138 valence electrons. The molecule has 2 saturated heterocycles. The number of hydrogen-bond acceptors (Lipinski definition) is 6. The molecule has 0 aliphatic carbocycles. The molecule has 2 aliphatic rings. The Morgan fingerprint density at radius 2 is 2.28 bits per heavy atom. The third-order valence-corrected chi connectivity index (χ3v) is 5.30. The van der Waals surface area contributed by atoms with E-state index in [1.54, 1.807) is 10.9 Å². The number of nitrogens with zero attached hydrogens (tertiary/aromatic N) is 2. The highest BCUT2D eigenvalue weighted by Crippen LogP contribution is 2.25. The van der Waals surface area contributed by atoms with Crippen LogP contribution in [0, 0.1) is 5.92 Å². The highest BCUT2D eigenvalue weighted by molar-refractivity contribution is 7.07. The fourth-order valence-corrected chi connectivity index (χ4v) is 4.12. The zero-order valence-corrected chi connectivity index (χ0v) is 15.6. The van der Waals surface area contributed by atoms with E-state index in [-0.39, 0.29) is 17.4 Å². The largest absolute Gasteiger partial charge is 0.381 e. The van der Waals surface area contributed by atoms with Gasteiger partial charge in [-0.15, -0.1) is 11.3 Å². The summed E-state index contributed by atoms with van der Waals surface area (Å²) in [6.07, 6.45) is 1.61. The molecule has 0 aromatic carbocycles. The normalized spacial score (nSPS) is 24.1. The number of aromatic nitrogens is 1. The second-order valence-electron chi connectivity index (χ2n) is 7.37. The molecule has 1 aromatic rings. The summed E-state index contributed by atoms with van der Waals surface area (Å²) >= 11 is 1.36. The van der Waals surface area contributed by atoms with Gasteiger partial charge in [0.1, 0.15) is 11.7 Å². The van der Waals surface area contributed by atoms with E-state index in [1.165, 1.54) is 11.3 Å². The molecule has 2 aliphatic heterocycles. The minimum atomic E-state index is -0.574. The van der Waals surface area contributed by atoms with Crippen LogP contribution in [0.2, 0.25) is 0 Å². The first-order chi connectivity index (χ1) is 12.0. The first kappa shape index (κ1) is 18.3. The first-order valence-corrected chi connectivity index (χ1v) is 9.73. The summed E-state index contributed by atoms with van der Waals surface area (Å²) in [5.74, 6) is 0.0746.